The van der Waals surface area contributed by atoms with E-state index in [9.17, 15) is 4.79 Å². The number of halogens is 1. The van der Waals surface area contributed by atoms with Gasteiger partial charge >= 0.3 is 0 Å². The number of anilines is 1. The standard InChI is InChI=1S/C19H20ClN5OS/c1-12(2)13-4-6-14(7-5-13)18-23-24-19(25(18)3)27-11-17(26)22-16-9-8-15(20)10-21-16/h4-10,12H,11H2,1-3H3,(H,21,22,26). The van der Waals surface area contributed by atoms with Crippen LogP contribution in [-0.2, 0) is 11.8 Å². The highest BCUT2D eigenvalue weighted by Gasteiger charge is 2.13. The molecular weight excluding hydrogens is 382 g/mol. The topological polar surface area (TPSA) is 72.7 Å². The lowest BCUT2D eigenvalue weighted by Crippen LogP contribution is -2.15. The Morgan fingerprint density at radius 1 is 1.19 bits per heavy atom. The van der Waals surface area contributed by atoms with Gasteiger partial charge < -0.3 is 9.88 Å². The van der Waals surface area contributed by atoms with Gasteiger partial charge in [0.25, 0.3) is 0 Å². The molecule has 0 aliphatic carbocycles. The number of nitrogens with one attached hydrogen (secondary N) is 1. The van der Waals surface area contributed by atoms with E-state index >= 15 is 0 Å². The molecule has 0 aliphatic heterocycles. The molecular formula is C19H20ClN5OS. The van der Waals surface area contributed by atoms with Crippen LogP contribution in [0.5, 0.6) is 0 Å². The van der Waals surface area contributed by atoms with E-state index in [0.717, 1.165) is 11.4 Å². The average Bonchev–Trinajstić information content (AvgIpc) is 3.02. The fourth-order valence-corrected chi connectivity index (χ4v) is 3.29. The number of carbonyl (C=O) groups excluding carboxylic acids is 1. The maximum Gasteiger partial charge on any atom is 0.236 e. The summed E-state index contributed by atoms with van der Waals surface area (Å²) in [5.41, 5.74) is 2.28. The predicted molar refractivity (Wildman–Crippen MR) is 109 cm³/mol. The summed E-state index contributed by atoms with van der Waals surface area (Å²) in [5.74, 6) is 1.77. The molecule has 1 N–H and O–H groups in total. The average molecular weight is 402 g/mol. The molecule has 0 atom stereocenters. The van der Waals surface area contributed by atoms with Crippen molar-refractivity contribution in [1.29, 1.82) is 0 Å². The maximum absolute atomic E-state index is 12.1. The first kappa shape index (κ1) is 19.4. The zero-order valence-electron chi connectivity index (χ0n) is 15.3. The van der Waals surface area contributed by atoms with E-state index in [1.54, 1.807) is 12.1 Å². The molecule has 1 amide bonds. The molecule has 0 aliphatic rings. The molecule has 3 rings (SSSR count). The van der Waals surface area contributed by atoms with E-state index in [-0.39, 0.29) is 11.7 Å². The zero-order valence-corrected chi connectivity index (χ0v) is 16.9. The number of rotatable bonds is 6. The number of hydrogen-bond donors (Lipinski definition) is 1. The second-order valence-corrected chi connectivity index (χ2v) is 7.72. The van der Waals surface area contributed by atoms with Crippen LogP contribution in [0.15, 0.2) is 47.8 Å². The molecule has 3 aromatic rings. The Kier molecular flexibility index (Phi) is 6.13. The molecule has 140 valence electrons. The van der Waals surface area contributed by atoms with Crippen LogP contribution in [0.3, 0.4) is 0 Å². The Morgan fingerprint density at radius 2 is 1.93 bits per heavy atom. The summed E-state index contributed by atoms with van der Waals surface area (Å²) >= 11 is 7.11. The van der Waals surface area contributed by atoms with Crippen molar-refractivity contribution in [2.45, 2.75) is 24.9 Å². The molecule has 6 nitrogen and oxygen atoms in total. The van der Waals surface area contributed by atoms with Crippen molar-refractivity contribution in [2.24, 2.45) is 7.05 Å². The minimum absolute atomic E-state index is 0.166. The highest BCUT2D eigenvalue weighted by molar-refractivity contribution is 7.99. The van der Waals surface area contributed by atoms with Gasteiger partial charge in [0.05, 0.1) is 10.8 Å². The van der Waals surface area contributed by atoms with Gasteiger partial charge in [-0.1, -0.05) is 61.5 Å². The van der Waals surface area contributed by atoms with Crippen molar-refractivity contribution < 1.29 is 4.79 Å². The second kappa shape index (κ2) is 8.54. The lowest BCUT2D eigenvalue weighted by atomic mass is 10.0. The second-order valence-electron chi connectivity index (χ2n) is 6.34. The molecule has 0 unspecified atom stereocenters. The van der Waals surface area contributed by atoms with Crippen LogP contribution in [0.1, 0.15) is 25.3 Å². The Labute approximate surface area is 167 Å². The highest BCUT2D eigenvalue weighted by atomic mass is 35.5. The van der Waals surface area contributed by atoms with E-state index in [0.29, 0.717) is 21.9 Å². The number of pyridine rings is 1. The molecule has 2 aromatic heterocycles. The molecule has 2 heterocycles. The van der Waals surface area contributed by atoms with Gasteiger partial charge in [-0.3, -0.25) is 4.79 Å². The normalized spacial score (nSPS) is 11.0. The van der Waals surface area contributed by atoms with E-state index in [2.05, 4.69) is 46.5 Å². The van der Waals surface area contributed by atoms with Gasteiger partial charge in [-0.25, -0.2) is 4.98 Å². The molecule has 0 spiro atoms. The van der Waals surface area contributed by atoms with Crippen molar-refractivity contribution in [3.05, 3.63) is 53.2 Å². The molecule has 1 aromatic carbocycles. The number of benzene rings is 1. The van der Waals surface area contributed by atoms with E-state index in [4.69, 9.17) is 11.6 Å². The van der Waals surface area contributed by atoms with Gasteiger partial charge in [0.1, 0.15) is 5.82 Å². The Bertz CT molecular complexity index is 922. The van der Waals surface area contributed by atoms with E-state index in [1.807, 2.05) is 23.7 Å². The van der Waals surface area contributed by atoms with Gasteiger partial charge in [0.15, 0.2) is 11.0 Å². The van der Waals surface area contributed by atoms with Gasteiger partial charge in [0, 0.05) is 18.8 Å². The summed E-state index contributed by atoms with van der Waals surface area (Å²) in [5, 5.41) is 12.4. The number of nitrogens with zero attached hydrogens (tertiary/aromatic N) is 4. The fraction of sp³-hybridized carbons (Fsp3) is 0.263. The molecule has 27 heavy (non-hydrogen) atoms. The van der Waals surface area contributed by atoms with E-state index < -0.39 is 0 Å². The molecule has 8 heteroatoms. The first-order valence-electron chi connectivity index (χ1n) is 8.48. The van der Waals surface area contributed by atoms with Gasteiger partial charge in [-0.15, -0.1) is 10.2 Å². The molecule has 0 saturated carbocycles. The molecule has 0 saturated heterocycles. The van der Waals surface area contributed by atoms with Crippen LogP contribution in [0.25, 0.3) is 11.4 Å². The number of carbonyl (C=O) groups is 1. The first-order chi connectivity index (χ1) is 12.9. The van der Waals surface area contributed by atoms with Gasteiger partial charge in [-0.2, -0.15) is 0 Å². The summed E-state index contributed by atoms with van der Waals surface area (Å²) in [7, 11) is 1.90. The van der Waals surface area contributed by atoms with Gasteiger partial charge in [0.2, 0.25) is 5.91 Å². The highest BCUT2D eigenvalue weighted by Crippen LogP contribution is 2.24. The third kappa shape index (κ3) is 4.87. The van der Waals surface area contributed by atoms with Crippen molar-refractivity contribution in [2.75, 3.05) is 11.1 Å². The SMILES string of the molecule is CC(C)c1ccc(-c2nnc(SCC(=O)Nc3ccc(Cl)cn3)n2C)cc1. The lowest BCUT2D eigenvalue weighted by Gasteiger charge is -2.07. The third-order valence-electron chi connectivity index (χ3n) is 4.00. The summed E-state index contributed by atoms with van der Waals surface area (Å²) in [4.78, 5) is 16.1. The minimum Gasteiger partial charge on any atom is -0.310 e. The summed E-state index contributed by atoms with van der Waals surface area (Å²) in [6, 6.07) is 11.6. The maximum atomic E-state index is 12.1. The van der Waals surface area contributed by atoms with Crippen LogP contribution in [0.2, 0.25) is 5.02 Å². The molecule has 0 radical (unpaired) electrons. The van der Waals surface area contributed by atoms with Crippen molar-refractivity contribution >= 4 is 35.1 Å². The monoisotopic (exact) mass is 401 g/mol. The first-order valence-corrected chi connectivity index (χ1v) is 9.84. The van der Waals surface area contributed by atoms with Crippen LogP contribution >= 0.6 is 23.4 Å². The smallest absolute Gasteiger partial charge is 0.236 e. The molecule has 0 fully saturated rings. The summed E-state index contributed by atoms with van der Waals surface area (Å²) in [6.07, 6.45) is 1.49. The summed E-state index contributed by atoms with van der Waals surface area (Å²) < 4.78 is 1.89. The van der Waals surface area contributed by atoms with Crippen LogP contribution < -0.4 is 5.32 Å². The van der Waals surface area contributed by atoms with Crippen LogP contribution in [0, 0.1) is 0 Å². The minimum atomic E-state index is -0.166. The number of amides is 1. The third-order valence-corrected chi connectivity index (χ3v) is 5.24. The number of aromatic nitrogens is 4. The number of thioether (sulfide) groups is 1. The number of hydrogen-bond acceptors (Lipinski definition) is 5. The van der Waals surface area contributed by atoms with Gasteiger partial charge in [-0.05, 0) is 23.6 Å². The Balaban J connectivity index is 1.63. The summed E-state index contributed by atoms with van der Waals surface area (Å²) in [6.45, 7) is 4.33. The Hall–Kier alpha value is -2.38. The van der Waals surface area contributed by atoms with Crippen molar-refractivity contribution in [1.82, 2.24) is 19.7 Å². The van der Waals surface area contributed by atoms with Crippen LogP contribution in [0.4, 0.5) is 5.82 Å². The van der Waals surface area contributed by atoms with E-state index in [1.165, 1.54) is 23.5 Å². The largest absolute Gasteiger partial charge is 0.310 e. The zero-order chi connectivity index (χ0) is 19.4. The van der Waals surface area contributed by atoms with Crippen LogP contribution in [-0.4, -0.2) is 31.4 Å². The lowest BCUT2D eigenvalue weighted by molar-refractivity contribution is -0.113. The van der Waals surface area contributed by atoms with Crippen molar-refractivity contribution in [3.63, 3.8) is 0 Å². The Morgan fingerprint density at radius 3 is 2.56 bits per heavy atom. The fourth-order valence-electron chi connectivity index (χ4n) is 2.47. The molecule has 0 bridgehead atoms. The van der Waals surface area contributed by atoms with Crippen molar-refractivity contribution in [3.8, 4) is 11.4 Å². The predicted octanol–water partition coefficient (Wildman–Crippen LogP) is 4.38. The quantitative estimate of drug-likeness (QED) is 0.620.